The van der Waals surface area contributed by atoms with Crippen molar-refractivity contribution in [3.63, 3.8) is 0 Å². The Morgan fingerprint density at radius 3 is 2.38 bits per heavy atom. The molecular weight excluding hydrogens is 198 g/mol. The smallest absolute Gasteiger partial charge is 0.0654 e. The highest BCUT2D eigenvalue weighted by Gasteiger charge is 2.32. The second-order valence-electron chi connectivity index (χ2n) is 5.50. The Balaban J connectivity index is 1.86. The van der Waals surface area contributed by atoms with E-state index in [1.165, 1.54) is 57.8 Å². The van der Waals surface area contributed by atoms with E-state index in [1.807, 2.05) is 0 Å². The van der Waals surface area contributed by atoms with Crippen LogP contribution in [0.4, 0.5) is 0 Å². The first-order valence-electron chi connectivity index (χ1n) is 7.29. The lowest BCUT2D eigenvalue weighted by atomic mass is 9.71. The van der Waals surface area contributed by atoms with Crippen molar-refractivity contribution in [2.75, 3.05) is 6.61 Å². The first-order chi connectivity index (χ1) is 7.92. The lowest BCUT2D eigenvalue weighted by Crippen LogP contribution is -2.42. The lowest BCUT2D eigenvalue weighted by Gasteiger charge is -2.39. The number of hydrogen-bond donors (Lipinski definition) is 1. The van der Waals surface area contributed by atoms with E-state index in [2.05, 4.69) is 12.4 Å². The lowest BCUT2D eigenvalue weighted by molar-refractivity contribution is -0.0163. The molecule has 2 heteroatoms. The van der Waals surface area contributed by atoms with E-state index >= 15 is 0 Å². The van der Waals surface area contributed by atoms with Gasteiger partial charge in [0.1, 0.15) is 0 Å². The largest absolute Gasteiger partial charge is 0.302 e. The molecule has 0 radical (unpaired) electrons. The van der Waals surface area contributed by atoms with E-state index in [0.717, 1.165) is 18.4 Å². The standard InChI is InChI=1S/C14H27NO/c1-2-16-15-14-11-7-6-10-13(14)12-8-4-3-5-9-12/h12-15H,2-11H2,1H3. The quantitative estimate of drug-likeness (QED) is 0.737. The maximum absolute atomic E-state index is 5.44. The van der Waals surface area contributed by atoms with Crippen LogP contribution in [0.1, 0.15) is 64.7 Å². The fourth-order valence-electron chi connectivity index (χ4n) is 3.62. The third kappa shape index (κ3) is 3.21. The van der Waals surface area contributed by atoms with Crippen molar-refractivity contribution in [1.82, 2.24) is 5.48 Å². The number of rotatable bonds is 4. The van der Waals surface area contributed by atoms with Gasteiger partial charge < -0.3 is 4.84 Å². The van der Waals surface area contributed by atoms with Crippen LogP contribution >= 0.6 is 0 Å². The Bertz CT molecular complexity index is 189. The van der Waals surface area contributed by atoms with Crippen LogP contribution in [0.3, 0.4) is 0 Å². The minimum atomic E-state index is 0.636. The van der Waals surface area contributed by atoms with Crippen LogP contribution in [-0.4, -0.2) is 12.6 Å². The molecule has 0 aromatic heterocycles. The average Bonchev–Trinajstić information content (AvgIpc) is 2.38. The van der Waals surface area contributed by atoms with Crippen molar-refractivity contribution in [2.24, 2.45) is 11.8 Å². The van der Waals surface area contributed by atoms with Crippen molar-refractivity contribution in [1.29, 1.82) is 0 Å². The van der Waals surface area contributed by atoms with Gasteiger partial charge in [-0.1, -0.05) is 44.9 Å². The molecule has 1 N–H and O–H groups in total. The van der Waals surface area contributed by atoms with Crippen LogP contribution in [0.15, 0.2) is 0 Å². The topological polar surface area (TPSA) is 21.3 Å². The fourth-order valence-corrected chi connectivity index (χ4v) is 3.62. The van der Waals surface area contributed by atoms with Crippen molar-refractivity contribution >= 4 is 0 Å². The summed E-state index contributed by atoms with van der Waals surface area (Å²) in [5, 5.41) is 0. The highest BCUT2D eigenvalue weighted by Crippen LogP contribution is 2.38. The Morgan fingerprint density at radius 1 is 0.938 bits per heavy atom. The van der Waals surface area contributed by atoms with E-state index in [4.69, 9.17) is 4.84 Å². The Morgan fingerprint density at radius 2 is 1.62 bits per heavy atom. The number of hydroxylamine groups is 1. The monoisotopic (exact) mass is 225 g/mol. The normalized spacial score (nSPS) is 32.8. The summed E-state index contributed by atoms with van der Waals surface area (Å²) >= 11 is 0. The van der Waals surface area contributed by atoms with Gasteiger partial charge in [0.25, 0.3) is 0 Å². The van der Waals surface area contributed by atoms with Gasteiger partial charge in [-0.2, -0.15) is 5.48 Å². The zero-order valence-electron chi connectivity index (χ0n) is 10.7. The molecule has 0 amide bonds. The summed E-state index contributed by atoms with van der Waals surface area (Å²) in [4.78, 5) is 5.44. The molecule has 2 atom stereocenters. The highest BCUT2D eigenvalue weighted by atomic mass is 16.6. The molecule has 0 aromatic rings. The first-order valence-corrected chi connectivity index (χ1v) is 7.29. The van der Waals surface area contributed by atoms with Crippen LogP contribution in [0.5, 0.6) is 0 Å². The number of nitrogens with one attached hydrogen (secondary N) is 1. The summed E-state index contributed by atoms with van der Waals surface area (Å²) in [5.74, 6) is 1.87. The van der Waals surface area contributed by atoms with E-state index < -0.39 is 0 Å². The van der Waals surface area contributed by atoms with Gasteiger partial charge in [-0.15, -0.1) is 0 Å². The van der Waals surface area contributed by atoms with Crippen LogP contribution in [0, 0.1) is 11.8 Å². The summed E-state index contributed by atoms with van der Waals surface area (Å²) in [6.07, 6.45) is 12.9. The molecule has 0 spiro atoms. The molecule has 2 unspecified atom stereocenters. The van der Waals surface area contributed by atoms with Crippen LogP contribution < -0.4 is 5.48 Å². The van der Waals surface area contributed by atoms with Crippen molar-refractivity contribution in [3.05, 3.63) is 0 Å². The summed E-state index contributed by atoms with van der Waals surface area (Å²) in [6.45, 7) is 2.85. The fraction of sp³-hybridized carbons (Fsp3) is 1.00. The Kier molecular flexibility index (Phi) is 5.11. The molecule has 2 saturated carbocycles. The molecule has 2 nitrogen and oxygen atoms in total. The summed E-state index contributed by atoms with van der Waals surface area (Å²) in [5.41, 5.74) is 3.32. The third-order valence-corrected chi connectivity index (χ3v) is 4.45. The van der Waals surface area contributed by atoms with Gasteiger partial charge in [-0.3, -0.25) is 0 Å². The van der Waals surface area contributed by atoms with Gasteiger partial charge >= 0.3 is 0 Å². The van der Waals surface area contributed by atoms with Gasteiger partial charge in [-0.25, -0.2) is 0 Å². The molecule has 2 aliphatic rings. The molecule has 0 aromatic carbocycles. The second-order valence-corrected chi connectivity index (χ2v) is 5.50. The van der Waals surface area contributed by atoms with Crippen molar-refractivity contribution in [3.8, 4) is 0 Å². The van der Waals surface area contributed by atoms with Gasteiger partial charge in [0, 0.05) is 6.04 Å². The summed E-state index contributed by atoms with van der Waals surface area (Å²) in [7, 11) is 0. The minimum absolute atomic E-state index is 0.636. The molecular formula is C14H27NO. The zero-order chi connectivity index (χ0) is 11.2. The molecule has 2 rings (SSSR count). The maximum Gasteiger partial charge on any atom is 0.0654 e. The molecule has 2 aliphatic carbocycles. The SMILES string of the molecule is CCONC1CCCCC1C1CCCCC1. The van der Waals surface area contributed by atoms with E-state index in [-0.39, 0.29) is 0 Å². The van der Waals surface area contributed by atoms with Gasteiger partial charge in [0.15, 0.2) is 0 Å². The summed E-state index contributed by atoms with van der Waals surface area (Å²) < 4.78 is 0. The molecule has 2 fully saturated rings. The van der Waals surface area contributed by atoms with E-state index in [9.17, 15) is 0 Å². The predicted molar refractivity (Wildman–Crippen MR) is 67.1 cm³/mol. The van der Waals surface area contributed by atoms with Gasteiger partial charge in [-0.05, 0) is 31.6 Å². The van der Waals surface area contributed by atoms with Gasteiger partial charge in [0.2, 0.25) is 0 Å². The maximum atomic E-state index is 5.44. The van der Waals surface area contributed by atoms with Gasteiger partial charge in [0.05, 0.1) is 6.61 Å². The minimum Gasteiger partial charge on any atom is -0.302 e. The predicted octanol–water partition coefficient (Wildman–Crippen LogP) is 3.67. The molecule has 16 heavy (non-hydrogen) atoms. The van der Waals surface area contributed by atoms with E-state index in [1.54, 1.807) is 0 Å². The zero-order valence-corrected chi connectivity index (χ0v) is 10.7. The average molecular weight is 225 g/mol. The van der Waals surface area contributed by atoms with Crippen LogP contribution in [0.25, 0.3) is 0 Å². The second kappa shape index (κ2) is 6.61. The van der Waals surface area contributed by atoms with Crippen molar-refractivity contribution in [2.45, 2.75) is 70.8 Å². The molecule has 0 bridgehead atoms. The Hall–Kier alpha value is -0.0800. The molecule has 0 aliphatic heterocycles. The molecule has 94 valence electrons. The number of hydrogen-bond acceptors (Lipinski definition) is 2. The van der Waals surface area contributed by atoms with E-state index in [0.29, 0.717) is 6.04 Å². The Labute approximate surface area is 100 Å². The molecule has 0 heterocycles. The molecule has 0 saturated heterocycles. The van der Waals surface area contributed by atoms with Crippen LogP contribution in [0.2, 0.25) is 0 Å². The highest BCUT2D eigenvalue weighted by molar-refractivity contribution is 4.85. The van der Waals surface area contributed by atoms with Crippen molar-refractivity contribution < 1.29 is 4.84 Å². The third-order valence-electron chi connectivity index (χ3n) is 4.45. The first kappa shape index (κ1) is 12.4. The summed E-state index contributed by atoms with van der Waals surface area (Å²) in [6, 6.07) is 0.636. The van der Waals surface area contributed by atoms with Crippen LogP contribution in [-0.2, 0) is 4.84 Å².